The minimum Gasteiger partial charge on any atom is -0.489 e. The molecule has 10 nitrogen and oxygen atoms in total. The number of carbonyl (C=O) groups excluding carboxylic acids is 3. The second-order valence-electron chi connectivity index (χ2n) is 9.77. The second kappa shape index (κ2) is 12.0. The summed E-state index contributed by atoms with van der Waals surface area (Å²) in [5.74, 6) is -0.442. The molecule has 1 atom stereocenters. The average molecular weight is 524 g/mol. The van der Waals surface area contributed by atoms with Crippen molar-refractivity contribution in [3.05, 3.63) is 64.7 Å². The lowest BCUT2D eigenvalue weighted by atomic mass is 9.90. The molecule has 10 heteroatoms. The Labute approximate surface area is 221 Å². The first-order chi connectivity index (χ1) is 18.3. The van der Waals surface area contributed by atoms with Crippen LogP contribution in [0.3, 0.4) is 0 Å². The van der Waals surface area contributed by atoms with Crippen molar-refractivity contribution in [2.45, 2.75) is 51.3 Å². The van der Waals surface area contributed by atoms with Gasteiger partial charge in [-0.2, -0.15) is 0 Å². The van der Waals surface area contributed by atoms with Gasteiger partial charge in [-0.3, -0.25) is 14.4 Å². The van der Waals surface area contributed by atoms with E-state index in [0.29, 0.717) is 42.5 Å². The lowest BCUT2D eigenvalue weighted by molar-refractivity contribution is -0.141. The number of nitrogens with two attached hydrogens (primary N) is 1. The molecular formula is C28H33N3O7. The van der Waals surface area contributed by atoms with Crippen molar-refractivity contribution in [1.29, 1.82) is 0 Å². The summed E-state index contributed by atoms with van der Waals surface area (Å²) in [5, 5.41) is 9.11. The fourth-order valence-electron chi connectivity index (χ4n) is 5.12. The van der Waals surface area contributed by atoms with E-state index in [-0.39, 0.29) is 25.3 Å². The molecule has 2 aliphatic rings. The van der Waals surface area contributed by atoms with Crippen molar-refractivity contribution in [1.82, 2.24) is 9.80 Å². The molecule has 1 saturated heterocycles. The van der Waals surface area contributed by atoms with Crippen LogP contribution in [-0.4, -0.2) is 65.0 Å². The zero-order chi connectivity index (χ0) is 27.2. The molecular weight excluding hydrogens is 490 g/mol. The predicted molar refractivity (Wildman–Crippen MR) is 137 cm³/mol. The molecule has 0 saturated carbocycles. The Kier molecular flexibility index (Phi) is 8.50. The van der Waals surface area contributed by atoms with E-state index in [0.717, 1.165) is 24.8 Å². The second-order valence-corrected chi connectivity index (χ2v) is 9.77. The molecule has 2 aliphatic heterocycles. The van der Waals surface area contributed by atoms with Gasteiger partial charge in [-0.1, -0.05) is 30.3 Å². The standard InChI is InChI=1S/C28H33N3O7/c1-37-25(32)10-9-23(26(29)33)31-16-22-21(27(31)34)3-2-4-24(22)38-17-20-7-5-18(6-8-20)15-19-11-13-30(14-12-19)28(35)36/h2-8,19,23H,9-17H2,1H3,(H2,29,33)(H,35,36). The molecule has 2 aromatic carbocycles. The van der Waals surface area contributed by atoms with Crippen LogP contribution in [-0.2, 0) is 33.9 Å². The molecule has 1 fully saturated rings. The topological polar surface area (TPSA) is 139 Å². The normalized spacial score (nSPS) is 16.2. The SMILES string of the molecule is COC(=O)CCC(C(N)=O)N1Cc2c(OCc3ccc(CC4CCN(C(=O)O)CC4)cc3)cccc2C1=O. The number of carbonyl (C=O) groups is 4. The van der Waals surface area contributed by atoms with E-state index in [1.54, 1.807) is 18.2 Å². The van der Waals surface area contributed by atoms with Gasteiger partial charge in [0.25, 0.3) is 5.91 Å². The third-order valence-electron chi connectivity index (χ3n) is 7.33. The third kappa shape index (κ3) is 6.24. The van der Waals surface area contributed by atoms with Gasteiger partial charge in [-0.05, 0) is 54.9 Å². The smallest absolute Gasteiger partial charge is 0.407 e. The highest BCUT2D eigenvalue weighted by atomic mass is 16.5. The maximum Gasteiger partial charge on any atom is 0.407 e. The highest BCUT2D eigenvalue weighted by Crippen LogP contribution is 2.33. The van der Waals surface area contributed by atoms with Gasteiger partial charge in [0.15, 0.2) is 0 Å². The number of nitrogens with zero attached hydrogens (tertiary/aromatic N) is 2. The number of ether oxygens (including phenoxy) is 2. The van der Waals surface area contributed by atoms with Crippen LogP contribution >= 0.6 is 0 Å². The molecule has 0 radical (unpaired) electrons. The number of methoxy groups -OCH3 is 1. The Morgan fingerprint density at radius 1 is 1.08 bits per heavy atom. The Hall–Kier alpha value is -4.08. The van der Waals surface area contributed by atoms with Crippen LogP contribution in [0.5, 0.6) is 5.75 Å². The first-order valence-corrected chi connectivity index (χ1v) is 12.7. The molecule has 0 aliphatic carbocycles. The van der Waals surface area contributed by atoms with Crippen LogP contribution in [0.25, 0.3) is 0 Å². The van der Waals surface area contributed by atoms with Crippen LogP contribution in [0.2, 0.25) is 0 Å². The maximum atomic E-state index is 13.1. The Balaban J connectivity index is 1.35. The molecule has 3 amide bonds. The van der Waals surface area contributed by atoms with Crippen LogP contribution in [0.15, 0.2) is 42.5 Å². The zero-order valence-corrected chi connectivity index (χ0v) is 21.4. The van der Waals surface area contributed by atoms with Gasteiger partial charge in [0.1, 0.15) is 18.4 Å². The number of rotatable bonds is 10. The number of piperidine rings is 1. The molecule has 38 heavy (non-hydrogen) atoms. The van der Waals surface area contributed by atoms with Crippen molar-refractivity contribution in [3.8, 4) is 5.75 Å². The summed E-state index contributed by atoms with van der Waals surface area (Å²) in [6, 6.07) is 12.5. The van der Waals surface area contributed by atoms with Crippen LogP contribution in [0.4, 0.5) is 4.79 Å². The molecule has 2 heterocycles. The summed E-state index contributed by atoms with van der Waals surface area (Å²) >= 11 is 0. The van der Waals surface area contributed by atoms with Gasteiger partial charge >= 0.3 is 12.1 Å². The van der Waals surface area contributed by atoms with Gasteiger partial charge < -0.3 is 30.1 Å². The molecule has 4 rings (SSSR count). The maximum absolute atomic E-state index is 13.1. The molecule has 3 N–H and O–H groups in total. The number of hydrogen-bond donors (Lipinski definition) is 2. The highest BCUT2D eigenvalue weighted by Gasteiger charge is 2.37. The minimum absolute atomic E-state index is 0.0227. The third-order valence-corrected chi connectivity index (χ3v) is 7.33. The van der Waals surface area contributed by atoms with Crippen LogP contribution in [0, 0.1) is 5.92 Å². The van der Waals surface area contributed by atoms with Crippen molar-refractivity contribution in [3.63, 3.8) is 0 Å². The van der Waals surface area contributed by atoms with Crippen molar-refractivity contribution in [2.75, 3.05) is 20.2 Å². The fourth-order valence-corrected chi connectivity index (χ4v) is 5.12. The van der Waals surface area contributed by atoms with E-state index < -0.39 is 24.0 Å². The average Bonchev–Trinajstić information content (AvgIpc) is 3.25. The molecule has 0 bridgehead atoms. The van der Waals surface area contributed by atoms with Crippen molar-refractivity contribution in [2.24, 2.45) is 11.7 Å². The number of esters is 1. The van der Waals surface area contributed by atoms with Gasteiger partial charge in [0, 0.05) is 30.6 Å². The molecule has 0 spiro atoms. The van der Waals surface area contributed by atoms with Gasteiger partial charge in [-0.15, -0.1) is 0 Å². The quantitative estimate of drug-likeness (QED) is 0.456. The van der Waals surface area contributed by atoms with E-state index >= 15 is 0 Å². The first kappa shape index (κ1) is 27.0. The number of fused-ring (bicyclic) bond motifs is 1. The minimum atomic E-state index is -0.925. The van der Waals surface area contributed by atoms with Gasteiger partial charge in [-0.25, -0.2) is 4.79 Å². The Bertz CT molecular complexity index is 1190. The van der Waals surface area contributed by atoms with Crippen molar-refractivity contribution < 1.29 is 33.8 Å². The molecule has 202 valence electrons. The summed E-state index contributed by atoms with van der Waals surface area (Å²) in [4.78, 5) is 50.7. The molecule has 1 unspecified atom stereocenters. The summed E-state index contributed by atoms with van der Waals surface area (Å²) in [6.07, 6.45) is 1.86. The van der Waals surface area contributed by atoms with E-state index in [1.807, 2.05) is 12.1 Å². The lowest BCUT2D eigenvalue weighted by Gasteiger charge is -2.30. The monoisotopic (exact) mass is 523 g/mol. The lowest BCUT2D eigenvalue weighted by Crippen LogP contribution is -2.45. The number of carboxylic acid groups (broad SMARTS) is 1. The number of amides is 3. The van der Waals surface area contributed by atoms with Crippen LogP contribution < -0.4 is 10.5 Å². The summed E-state index contributed by atoms with van der Waals surface area (Å²) < 4.78 is 10.7. The van der Waals surface area contributed by atoms with E-state index in [1.165, 1.54) is 22.5 Å². The zero-order valence-electron chi connectivity index (χ0n) is 21.4. The number of primary amides is 1. The van der Waals surface area contributed by atoms with Gasteiger partial charge in [0.05, 0.1) is 13.7 Å². The van der Waals surface area contributed by atoms with E-state index in [2.05, 4.69) is 16.9 Å². The molecule has 2 aromatic rings. The van der Waals surface area contributed by atoms with Crippen molar-refractivity contribution >= 4 is 23.9 Å². The molecule has 0 aromatic heterocycles. The summed E-state index contributed by atoms with van der Waals surface area (Å²) in [5.41, 5.74) is 8.88. The van der Waals surface area contributed by atoms with E-state index in [9.17, 15) is 19.2 Å². The predicted octanol–water partition coefficient (Wildman–Crippen LogP) is 2.96. The Morgan fingerprint density at radius 2 is 1.76 bits per heavy atom. The number of benzene rings is 2. The number of likely N-dealkylation sites (tertiary alicyclic amines) is 1. The summed E-state index contributed by atoms with van der Waals surface area (Å²) in [7, 11) is 1.27. The fraction of sp³-hybridized carbons (Fsp3) is 0.429. The highest BCUT2D eigenvalue weighted by molar-refractivity contribution is 6.01. The summed E-state index contributed by atoms with van der Waals surface area (Å²) in [6.45, 7) is 1.64. The van der Waals surface area contributed by atoms with E-state index in [4.69, 9.17) is 15.6 Å². The largest absolute Gasteiger partial charge is 0.489 e. The number of hydrogen-bond acceptors (Lipinski definition) is 6. The first-order valence-electron chi connectivity index (χ1n) is 12.7. The van der Waals surface area contributed by atoms with Gasteiger partial charge in [0.2, 0.25) is 5.91 Å². The van der Waals surface area contributed by atoms with Crippen LogP contribution in [0.1, 0.15) is 52.7 Å². The Morgan fingerprint density at radius 3 is 2.39 bits per heavy atom.